The van der Waals surface area contributed by atoms with Crippen LogP contribution in [-0.4, -0.2) is 20.6 Å². The van der Waals surface area contributed by atoms with Gasteiger partial charge in [0.15, 0.2) is 0 Å². The van der Waals surface area contributed by atoms with Crippen molar-refractivity contribution in [2.24, 2.45) is 0 Å². The molecule has 0 saturated carbocycles. The van der Waals surface area contributed by atoms with Crippen molar-refractivity contribution in [3.05, 3.63) is 50.7 Å². The van der Waals surface area contributed by atoms with Crippen LogP contribution in [0.5, 0.6) is 0 Å². The van der Waals surface area contributed by atoms with Crippen molar-refractivity contribution in [2.75, 3.05) is 5.32 Å². The topological polar surface area (TPSA) is 90.1 Å². The number of benzene rings is 1. The minimum absolute atomic E-state index is 0.197. The lowest BCUT2D eigenvalue weighted by Crippen LogP contribution is -2.14. The van der Waals surface area contributed by atoms with E-state index >= 15 is 0 Å². The van der Waals surface area contributed by atoms with Crippen LogP contribution in [0.15, 0.2) is 34.9 Å². The predicted molar refractivity (Wildman–Crippen MR) is 76.7 cm³/mol. The lowest BCUT2D eigenvalue weighted by molar-refractivity contribution is -0.385. The van der Waals surface area contributed by atoms with Crippen molar-refractivity contribution in [3.8, 4) is 0 Å². The molecule has 8 heteroatoms. The third-order valence-corrected chi connectivity index (χ3v) is 3.05. The van der Waals surface area contributed by atoms with Crippen LogP contribution in [0.3, 0.4) is 0 Å². The number of hydrogen-bond donors (Lipinski definition) is 1. The van der Waals surface area contributed by atoms with Gasteiger partial charge in [0, 0.05) is 16.7 Å². The number of rotatable bonds is 4. The summed E-state index contributed by atoms with van der Waals surface area (Å²) in [5.41, 5.74) is 0.0286. The van der Waals surface area contributed by atoms with E-state index in [9.17, 15) is 14.9 Å². The second-order valence-electron chi connectivity index (χ2n) is 3.94. The van der Waals surface area contributed by atoms with E-state index in [1.165, 1.54) is 10.9 Å². The molecule has 0 fully saturated rings. The predicted octanol–water partition coefficient (Wildman–Crippen LogP) is 2.83. The molecule has 104 valence electrons. The molecule has 20 heavy (non-hydrogen) atoms. The fraction of sp³-hybridized carbons (Fsp3) is 0.167. The zero-order chi connectivity index (χ0) is 14.7. The first-order valence-electron chi connectivity index (χ1n) is 5.80. The Bertz CT molecular complexity index is 668. The van der Waals surface area contributed by atoms with Gasteiger partial charge in [0.1, 0.15) is 6.20 Å². The van der Waals surface area contributed by atoms with Gasteiger partial charge in [-0.15, -0.1) is 0 Å². The van der Waals surface area contributed by atoms with Gasteiger partial charge in [-0.25, -0.2) is 0 Å². The summed E-state index contributed by atoms with van der Waals surface area (Å²) in [4.78, 5) is 22.4. The normalized spacial score (nSPS) is 10.3. The van der Waals surface area contributed by atoms with E-state index in [-0.39, 0.29) is 11.4 Å². The molecule has 0 radical (unpaired) electrons. The molecule has 0 aliphatic rings. The number of aromatic nitrogens is 2. The fourth-order valence-corrected chi connectivity index (χ4v) is 2.02. The van der Waals surface area contributed by atoms with E-state index in [0.29, 0.717) is 12.2 Å². The van der Waals surface area contributed by atoms with Gasteiger partial charge < -0.3 is 5.32 Å². The number of carbonyl (C=O) groups is 1. The summed E-state index contributed by atoms with van der Waals surface area (Å²) in [5, 5.41) is 17.4. The number of nitrogens with zero attached hydrogens (tertiary/aromatic N) is 3. The molecule has 0 unspecified atom stereocenters. The molecule has 1 aromatic heterocycles. The van der Waals surface area contributed by atoms with Gasteiger partial charge in [-0.1, -0.05) is 22.0 Å². The van der Waals surface area contributed by atoms with Crippen molar-refractivity contribution in [1.29, 1.82) is 0 Å². The Balaban J connectivity index is 2.29. The average Bonchev–Trinajstić information content (AvgIpc) is 2.83. The number of anilines is 1. The molecular formula is C12H11BrN4O3. The van der Waals surface area contributed by atoms with Crippen LogP contribution in [0.1, 0.15) is 17.4 Å². The summed E-state index contributed by atoms with van der Waals surface area (Å²) in [7, 11) is 0. The molecular weight excluding hydrogens is 328 g/mol. The van der Waals surface area contributed by atoms with Crippen molar-refractivity contribution >= 4 is 33.2 Å². The highest BCUT2D eigenvalue weighted by Crippen LogP contribution is 2.20. The lowest BCUT2D eigenvalue weighted by atomic mass is 10.3. The lowest BCUT2D eigenvalue weighted by Gasteiger charge is -2.03. The van der Waals surface area contributed by atoms with E-state index in [4.69, 9.17) is 0 Å². The quantitative estimate of drug-likeness (QED) is 0.685. The third kappa shape index (κ3) is 3.02. The number of carbonyl (C=O) groups excluding carboxylic acids is 1. The van der Waals surface area contributed by atoms with Gasteiger partial charge in [-0.05, 0) is 25.1 Å². The summed E-state index contributed by atoms with van der Waals surface area (Å²) in [5.74, 6) is -0.609. The van der Waals surface area contributed by atoms with Crippen molar-refractivity contribution in [1.82, 2.24) is 9.78 Å². The molecule has 7 nitrogen and oxygen atoms in total. The highest BCUT2D eigenvalue weighted by molar-refractivity contribution is 9.10. The standard InChI is InChI=1S/C12H11BrN4O3/c1-2-16-7-10(17(19)20)11(15-16)12(18)14-9-5-3-4-8(13)6-9/h3-7H,2H2,1H3,(H,14,18). The summed E-state index contributed by atoms with van der Waals surface area (Å²) in [6, 6.07) is 6.94. The van der Waals surface area contributed by atoms with Crippen LogP contribution in [0, 0.1) is 10.1 Å². The molecule has 1 amide bonds. The van der Waals surface area contributed by atoms with Gasteiger partial charge in [-0.2, -0.15) is 5.10 Å². The molecule has 0 atom stereocenters. The molecule has 1 heterocycles. The Kier molecular flexibility index (Phi) is 4.14. The summed E-state index contributed by atoms with van der Waals surface area (Å²) in [6.45, 7) is 2.23. The van der Waals surface area contributed by atoms with Crippen LogP contribution < -0.4 is 5.32 Å². The molecule has 0 saturated heterocycles. The second kappa shape index (κ2) is 5.83. The molecule has 0 aliphatic carbocycles. The van der Waals surface area contributed by atoms with Crippen LogP contribution in [0.25, 0.3) is 0 Å². The van der Waals surface area contributed by atoms with Crippen molar-refractivity contribution in [3.63, 3.8) is 0 Å². The minimum Gasteiger partial charge on any atom is -0.320 e. The Morgan fingerprint density at radius 2 is 2.30 bits per heavy atom. The molecule has 1 aromatic carbocycles. The minimum atomic E-state index is -0.616. The first kappa shape index (κ1) is 14.2. The first-order valence-corrected chi connectivity index (χ1v) is 6.59. The summed E-state index contributed by atoms with van der Waals surface area (Å²) >= 11 is 3.28. The van der Waals surface area contributed by atoms with Gasteiger partial charge in [0.25, 0.3) is 5.91 Å². The van der Waals surface area contributed by atoms with E-state index in [0.717, 1.165) is 4.47 Å². The van der Waals surface area contributed by atoms with Crippen LogP contribution >= 0.6 is 15.9 Å². The van der Waals surface area contributed by atoms with Gasteiger partial charge in [0.05, 0.1) is 4.92 Å². The Morgan fingerprint density at radius 3 is 2.90 bits per heavy atom. The second-order valence-corrected chi connectivity index (χ2v) is 4.86. The SMILES string of the molecule is CCn1cc([N+](=O)[O-])c(C(=O)Nc2cccc(Br)c2)n1. The molecule has 1 N–H and O–H groups in total. The van der Waals surface area contributed by atoms with Gasteiger partial charge in [0.2, 0.25) is 5.69 Å². The van der Waals surface area contributed by atoms with Crippen molar-refractivity contribution < 1.29 is 9.72 Å². The van der Waals surface area contributed by atoms with Crippen LogP contribution in [0.4, 0.5) is 11.4 Å². The zero-order valence-electron chi connectivity index (χ0n) is 10.5. The number of halogens is 1. The first-order chi connectivity index (χ1) is 9.51. The highest BCUT2D eigenvalue weighted by Gasteiger charge is 2.25. The van der Waals surface area contributed by atoms with E-state index < -0.39 is 10.8 Å². The Morgan fingerprint density at radius 1 is 1.55 bits per heavy atom. The average molecular weight is 339 g/mol. The van der Waals surface area contributed by atoms with Crippen molar-refractivity contribution in [2.45, 2.75) is 13.5 Å². The van der Waals surface area contributed by atoms with E-state index in [1.807, 2.05) is 6.07 Å². The number of nitrogens with one attached hydrogen (secondary N) is 1. The molecule has 2 rings (SSSR count). The number of nitro groups is 1. The van der Waals surface area contributed by atoms with E-state index in [2.05, 4.69) is 26.3 Å². The number of aryl methyl sites for hydroxylation is 1. The fourth-order valence-electron chi connectivity index (χ4n) is 1.62. The number of hydrogen-bond acceptors (Lipinski definition) is 4. The van der Waals surface area contributed by atoms with E-state index in [1.54, 1.807) is 25.1 Å². The largest absolute Gasteiger partial charge is 0.320 e. The highest BCUT2D eigenvalue weighted by atomic mass is 79.9. The van der Waals surface area contributed by atoms with Crippen LogP contribution in [0.2, 0.25) is 0 Å². The maximum Gasteiger partial charge on any atom is 0.320 e. The maximum absolute atomic E-state index is 12.1. The molecule has 0 bridgehead atoms. The monoisotopic (exact) mass is 338 g/mol. The Labute approximate surface area is 122 Å². The van der Waals surface area contributed by atoms with Gasteiger partial charge >= 0.3 is 5.69 Å². The summed E-state index contributed by atoms with van der Waals surface area (Å²) in [6.07, 6.45) is 1.25. The Hall–Kier alpha value is -2.22. The van der Waals surface area contributed by atoms with Gasteiger partial charge in [-0.3, -0.25) is 19.6 Å². The maximum atomic E-state index is 12.1. The summed E-state index contributed by atoms with van der Waals surface area (Å²) < 4.78 is 2.15. The smallest absolute Gasteiger partial charge is 0.320 e. The van der Waals surface area contributed by atoms with Crippen LogP contribution in [-0.2, 0) is 6.54 Å². The molecule has 0 spiro atoms. The molecule has 2 aromatic rings. The zero-order valence-corrected chi connectivity index (χ0v) is 12.1. The molecule has 0 aliphatic heterocycles. The third-order valence-electron chi connectivity index (χ3n) is 2.56. The number of amides is 1.